The molecule has 1 heterocycles. The lowest BCUT2D eigenvalue weighted by atomic mass is 10.0. The van der Waals surface area contributed by atoms with E-state index in [0.29, 0.717) is 11.7 Å². The minimum absolute atomic E-state index is 0.505. The van der Waals surface area contributed by atoms with Crippen molar-refractivity contribution in [2.75, 3.05) is 0 Å². The van der Waals surface area contributed by atoms with E-state index in [2.05, 4.69) is 22.3 Å². The Morgan fingerprint density at radius 1 is 1.05 bits per heavy atom. The molecule has 0 saturated heterocycles. The van der Waals surface area contributed by atoms with Gasteiger partial charge in [-0.05, 0) is 30.7 Å². The Bertz CT molecular complexity index is 720. The third kappa shape index (κ3) is 2.11. The zero-order valence-electron chi connectivity index (χ0n) is 10.9. The number of aromatic nitrogens is 2. The molecule has 19 heavy (non-hydrogen) atoms. The fraction of sp³-hybridized carbons (Fsp3) is 0.200. The van der Waals surface area contributed by atoms with Gasteiger partial charge in [0.25, 0.3) is 5.89 Å². The van der Waals surface area contributed by atoms with Gasteiger partial charge < -0.3 is 10.3 Å². The number of nitrogens with zero attached hydrogens (tertiary/aromatic N) is 2. The highest BCUT2D eigenvalue weighted by Crippen LogP contribution is 2.28. The third-order valence-corrected chi connectivity index (χ3v) is 3.02. The first-order valence-electron chi connectivity index (χ1n) is 6.17. The van der Waals surface area contributed by atoms with Crippen LogP contribution in [0, 0.1) is 0 Å². The summed E-state index contributed by atoms with van der Waals surface area (Å²) < 4.78 is 5.34. The van der Waals surface area contributed by atoms with Crippen molar-refractivity contribution in [2.45, 2.75) is 19.4 Å². The van der Waals surface area contributed by atoms with Crippen LogP contribution in [-0.4, -0.2) is 10.1 Å². The zero-order valence-corrected chi connectivity index (χ0v) is 10.9. The van der Waals surface area contributed by atoms with Gasteiger partial charge in [0.2, 0.25) is 0 Å². The number of benzene rings is 2. The van der Waals surface area contributed by atoms with Crippen LogP contribution in [0.1, 0.15) is 19.7 Å². The monoisotopic (exact) mass is 253 g/mol. The van der Waals surface area contributed by atoms with Gasteiger partial charge in [0.15, 0.2) is 5.82 Å². The lowest BCUT2D eigenvalue weighted by Crippen LogP contribution is -2.30. The molecule has 96 valence electrons. The van der Waals surface area contributed by atoms with Crippen molar-refractivity contribution in [1.29, 1.82) is 0 Å². The van der Waals surface area contributed by atoms with E-state index < -0.39 is 5.54 Å². The molecule has 4 nitrogen and oxygen atoms in total. The molecule has 0 radical (unpaired) electrons. The highest BCUT2D eigenvalue weighted by atomic mass is 16.5. The second kappa shape index (κ2) is 4.17. The Morgan fingerprint density at radius 2 is 1.79 bits per heavy atom. The van der Waals surface area contributed by atoms with E-state index in [9.17, 15) is 0 Å². The minimum atomic E-state index is -0.605. The summed E-state index contributed by atoms with van der Waals surface area (Å²) >= 11 is 0. The van der Waals surface area contributed by atoms with Crippen LogP contribution in [0.15, 0.2) is 47.0 Å². The standard InChI is InChI=1S/C15H15N3O/c1-15(2,16)14-17-13(19-18-14)12-9-5-7-10-6-3-4-8-11(10)12/h3-9H,16H2,1-2H3. The molecule has 0 aliphatic rings. The molecule has 0 unspecified atom stereocenters. The second-order valence-corrected chi connectivity index (χ2v) is 5.17. The van der Waals surface area contributed by atoms with Gasteiger partial charge in [0.1, 0.15) is 0 Å². The summed E-state index contributed by atoms with van der Waals surface area (Å²) in [5.74, 6) is 1.01. The van der Waals surface area contributed by atoms with Gasteiger partial charge in [-0.1, -0.05) is 41.6 Å². The number of nitrogens with two attached hydrogens (primary N) is 1. The van der Waals surface area contributed by atoms with E-state index in [1.807, 2.05) is 44.2 Å². The van der Waals surface area contributed by atoms with E-state index in [1.165, 1.54) is 0 Å². The number of fused-ring (bicyclic) bond motifs is 1. The molecule has 3 rings (SSSR count). The Labute approximate surface area is 111 Å². The summed E-state index contributed by atoms with van der Waals surface area (Å²) in [5.41, 5.74) is 6.30. The molecule has 0 atom stereocenters. The first kappa shape index (κ1) is 11.9. The van der Waals surface area contributed by atoms with Gasteiger partial charge in [-0.3, -0.25) is 0 Å². The fourth-order valence-electron chi connectivity index (χ4n) is 2.01. The predicted molar refractivity (Wildman–Crippen MR) is 74.5 cm³/mol. The minimum Gasteiger partial charge on any atom is -0.334 e. The first-order valence-corrected chi connectivity index (χ1v) is 6.17. The summed E-state index contributed by atoms with van der Waals surface area (Å²) in [4.78, 5) is 4.40. The van der Waals surface area contributed by atoms with Gasteiger partial charge in [-0.25, -0.2) is 0 Å². The summed E-state index contributed by atoms with van der Waals surface area (Å²) in [5, 5.41) is 6.20. The third-order valence-electron chi connectivity index (χ3n) is 3.02. The molecule has 0 fully saturated rings. The Morgan fingerprint density at radius 3 is 2.53 bits per heavy atom. The number of hydrogen-bond acceptors (Lipinski definition) is 4. The van der Waals surface area contributed by atoms with Crippen molar-refractivity contribution in [3.63, 3.8) is 0 Å². The summed E-state index contributed by atoms with van der Waals surface area (Å²) in [6.07, 6.45) is 0. The van der Waals surface area contributed by atoms with Crippen LogP contribution in [0.5, 0.6) is 0 Å². The maximum absolute atomic E-state index is 5.98. The van der Waals surface area contributed by atoms with E-state index in [0.717, 1.165) is 16.3 Å². The van der Waals surface area contributed by atoms with E-state index in [-0.39, 0.29) is 0 Å². The molecule has 1 aromatic heterocycles. The first-order chi connectivity index (χ1) is 9.05. The largest absolute Gasteiger partial charge is 0.334 e. The van der Waals surface area contributed by atoms with E-state index >= 15 is 0 Å². The van der Waals surface area contributed by atoms with Gasteiger partial charge in [0.05, 0.1) is 5.54 Å². The maximum atomic E-state index is 5.98. The quantitative estimate of drug-likeness (QED) is 0.762. The van der Waals surface area contributed by atoms with Crippen molar-refractivity contribution in [2.24, 2.45) is 5.73 Å². The Kier molecular flexibility index (Phi) is 2.61. The molecule has 2 aromatic carbocycles. The van der Waals surface area contributed by atoms with Crippen LogP contribution < -0.4 is 5.73 Å². The van der Waals surface area contributed by atoms with E-state index in [1.54, 1.807) is 0 Å². The van der Waals surface area contributed by atoms with Crippen molar-refractivity contribution in [1.82, 2.24) is 10.1 Å². The molecule has 2 N–H and O–H groups in total. The second-order valence-electron chi connectivity index (χ2n) is 5.17. The molecular formula is C15H15N3O. The average molecular weight is 253 g/mol. The highest BCUT2D eigenvalue weighted by molar-refractivity contribution is 5.94. The lowest BCUT2D eigenvalue weighted by molar-refractivity contribution is 0.397. The predicted octanol–water partition coefficient (Wildman–Crippen LogP) is 3.08. The molecule has 0 saturated carbocycles. The molecule has 0 aliphatic heterocycles. The molecule has 4 heteroatoms. The normalized spacial score (nSPS) is 11.9. The fourth-order valence-corrected chi connectivity index (χ4v) is 2.01. The smallest absolute Gasteiger partial charge is 0.258 e. The van der Waals surface area contributed by atoms with Gasteiger partial charge in [-0.2, -0.15) is 4.98 Å². The van der Waals surface area contributed by atoms with E-state index in [4.69, 9.17) is 10.3 Å². The SMILES string of the molecule is CC(C)(N)c1noc(-c2cccc3ccccc23)n1. The maximum Gasteiger partial charge on any atom is 0.258 e. The van der Waals surface area contributed by atoms with Crippen molar-refractivity contribution in [3.8, 4) is 11.5 Å². The summed E-state index contributed by atoms with van der Waals surface area (Å²) in [6.45, 7) is 3.70. The lowest BCUT2D eigenvalue weighted by Gasteiger charge is -2.11. The topological polar surface area (TPSA) is 64.9 Å². The number of rotatable bonds is 2. The molecule has 0 aliphatic carbocycles. The van der Waals surface area contributed by atoms with Crippen molar-refractivity contribution in [3.05, 3.63) is 48.3 Å². The Balaban J connectivity index is 2.17. The Hall–Kier alpha value is -2.20. The van der Waals surface area contributed by atoms with Crippen LogP contribution >= 0.6 is 0 Å². The van der Waals surface area contributed by atoms with Gasteiger partial charge in [0, 0.05) is 5.56 Å². The summed E-state index contributed by atoms with van der Waals surface area (Å²) in [7, 11) is 0. The highest BCUT2D eigenvalue weighted by Gasteiger charge is 2.22. The van der Waals surface area contributed by atoms with Crippen LogP contribution in [0.3, 0.4) is 0 Å². The van der Waals surface area contributed by atoms with Crippen LogP contribution in [0.4, 0.5) is 0 Å². The van der Waals surface area contributed by atoms with Crippen molar-refractivity contribution < 1.29 is 4.52 Å². The van der Waals surface area contributed by atoms with Crippen LogP contribution in [0.25, 0.3) is 22.2 Å². The van der Waals surface area contributed by atoms with Gasteiger partial charge >= 0.3 is 0 Å². The zero-order chi connectivity index (χ0) is 13.5. The number of hydrogen-bond donors (Lipinski definition) is 1. The van der Waals surface area contributed by atoms with Gasteiger partial charge in [-0.15, -0.1) is 0 Å². The average Bonchev–Trinajstić information content (AvgIpc) is 2.87. The molecule has 0 amide bonds. The molecule has 0 bridgehead atoms. The van der Waals surface area contributed by atoms with Crippen LogP contribution in [0.2, 0.25) is 0 Å². The molecule has 3 aromatic rings. The summed E-state index contributed by atoms with van der Waals surface area (Å²) in [6, 6.07) is 14.1. The van der Waals surface area contributed by atoms with Crippen molar-refractivity contribution >= 4 is 10.8 Å². The van der Waals surface area contributed by atoms with Crippen LogP contribution in [-0.2, 0) is 5.54 Å². The molecule has 0 spiro atoms. The molecular weight excluding hydrogens is 238 g/mol.